The van der Waals surface area contributed by atoms with Crippen LogP contribution in [0.3, 0.4) is 0 Å². The lowest BCUT2D eigenvalue weighted by molar-refractivity contribution is -0.0190. The second-order valence-electron chi connectivity index (χ2n) is 6.93. The summed E-state index contributed by atoms with van der Waals surface area (Å²) in [5.41, 5.74) is 4.34. The zero-order chi connectivity index (χ0) is 19.1. The lowest BCUT2D eigenvalue weighted by Gasteiger charge is -2.38. The molecule has 0 unspecified atom stereocenters. The number of hydrogen-bond acceptors (Lipinski definition) is 4. The van der Waals surface area contributed by atoms with Crippen LogP contribution in [0.5, 0.6) is 11.5 Å². The number of ether oxygens (including phenoxy) is 2. The van der Waals surface area contributed by atoms with Crippen LogP contribution in [-0.4, -0.2) is 17.8 Å². The van der Waals surface area contributed by atoms with E-state index in [4.69, 9.17) is 26.2 Å². The zero-order valence-corrected chi connectivity index (χ0v) is 16.1. The molecule has 0 saturated heterocycles. The highest BCUT2D eigenvalue weighted by Gasteiger charge is 2.40. The number of para-hydroxylation sites is 1. The highest BCUT2D eigenvalue weighted by molar-refractivity contribution is 6.30. The van der Waals surface area contributed by atoms with E-state index in [-0.39, 0.29) is 12.3 Å². The molecule has 3 aromatic rings. The molecule has 5 heteroatoms. The van der Waals surface area contributed by atoms with Gasteiger partial charge in [-0.1, -0.05) is 41.9 Å². The molecule has 2 atom stereocenters. The second kappa shape index (κ2) is 6.88. The Labute approximate surface area is 169 Å². The quantitative estimate of drug-likeness (QED) is 0.584. The molecule has 0 saturated carbocycles. The average molecular weight is 391 g/mol. The molecule has 0 aliphatic carbocycles. The monoisotopic (exact) mass is 390 g/mol. The third-order valence-electron chi connectivity index (χ3n) is 5.28. The number of fused-ring (bicyclic) bond motifs is 3. The maximum absolute atomic E-state index is 6.37. The molecule has 3 aromatic carbocycles. The molecule has 5 rings (SSSR count). The molecule has 2 aliphatic heterocycles. The molecule has 0 radical (unpaired) electrons. The van der Waals surface area contributed by atoms with Gasteiger partial charge in [-0.2, -0.15) is 5.10 Å². The van der Waals surface area contributed by atoms with E-state index in [1.54, 1.807) is 7.11 Å². The van der Waals surface area contributed by atoms with Crippen molar-refractivity contribution in [2.45, 2.75) is 18.7 Å². The number of halogens is 1. The Hall–Kier alpha value is -2.98. The van der Waals surface area contributed by atoms with Crippen LogP contribution < -0.4 is 9.47 Å². The molecule has 0 bridgehead atoms. The van der Waals surface area contributed by atoms with Crippen molar-refractivity contribution in [3.63, 3.8) is 0 Å². The van der Waals surface area contributed by atoms with Gasteiger partial charge < -0.3 is 9.47 Å². The fourth-order valence-electron chi connectivity index (χ4n) is 3.84. The minimum Gasteiger partial charge on any atom is -0.497 e. The molecule has 0 N–H and O–H groups in total. The number of methoxy groups -OCH3 is 1. The first kappa shape index (κ1) is 17.1. The van der Waals surface area contributed by atoms with E-state index < -0.39 is 0 Å². The van der Waals surface area contributed by atoms with Crippen molar-refractivity contribution < 1.29 is 9.47 Å². The van der Waals surface area contributed by atoms with Crippen molar-refractivity contribution in [3.8, 4) is 11.5 Å². The third-order valence-corrected chi connectivity index (χ3v) is 5.53. The first-order valence-electron chi connectivity index (χ1n) is 9.24. The van der Waals surface area contributed by atoms with Crippen molar-refractivity contribution in [1.29, 1.82) is 0 Å². The van der Waals surface area contributed by atoms with E-state index in [9.17, 15) is 0 Å². The van der Waals surface area contributed by atoms with Crippen LogP contribution in [0.1, 0.15) is 35.4 Å². The maximum Gasteiger partial charge on any atom is 0.213 e. The van der Waals surface area contributed by atoms with Gasteiger partial charge in [0, 0.05) is 22.6 Å². The first-order chi connectivity index (χ1) is 13.7. The minimum absolute atomic E-state index is 0.141. The van der Waals surface area contributed by atoms with Crippen LogP contribution in [-0.2, 0) is 0 Å². The van der Waals surface area contributed by atoms with Crippen molar-refractivity contribution in [3.05, 3.63) is 94.5 Å². The Morgan fingerprint density at radius 1 is 1.00 bits per heavy atom. The fraction of sp³-hybridized carbons (Fsp3) is 0.174. The molecule has 0 spiro atoms. The van der Waals surface area contributed by atoms with Gasteiger partial charge in [0.25, 0.3) is 0 Å². The second-order valence-corrected chi connectivity index (χ2v) is 7.37. The molecule has 0 aromatic heterocycles. The summed E-state index contributed by atoms with van der Waals surface area (Å²) in [5.74, 6) is 1.74. The van der Waals surface area contributed by atoms with Crippen molar-refractivity contribution in [2.75, 3.05) is 7.11 Å². The Morgan fingerprint density at radius 3 is 2.50 bits per heavy atom. The zero-order valence-electron chi connectivity index (χ0n) is 15.4. The van der Waals surface area contributed by atoms with E-state index in [0.717, 1.165) is 39.8 Å². The van der Waals surface area contributed by atoms with Crippen LogP contribution in [0.25, 0.3) is 0 Å². The highest BCUT2D eigenvalue weighted by atomic mass is 35.5. The van der Waals surface area contributed by atoms with Gasteiger partial charge in [0.2, 0.25) is 6.23 Å². The van der Waals surface area contributed by atoms with Crippen LogP contribution in [0.4, 0.5) is 0 Å². The Kier molecular flexibility index (Phi) is 4.21. The number of rotatable bonds is 3. The molecular weight excluding hydrogens is 372 g/mol. The van der Waals surface area contributed by atoms with Crippen LogP contribution in [0, 0.1) is 0 Å². The Morgan fingerprint density at radius 2 is 1.75 bits per heavy atom. The molecule has 2 heterocycles. The topological polar surface area (TPSA) is 34.1 Å². The molecule has 2 aliphatic rings. The number of hydrogen-bond donors (Lipinski definition) is 0. The van der Waals surface area contributed by atoms with Crippen molar-refractivity contribution in [1.82, 2.24) is 5.01 Å². The summed E-state index contributed by atoms with van der Waals surface area (Å²) < 4.78 is 11.7. The summed E-state index contributed by atoms with van der Waals surface area (Å²) in [4.78, 5) is 0. The van der Waals surface area contributed by atoms with E-state index in [1.807, 2.05) is 66.7 Å². The number of nitrogens with zero attached hydrogens (tertiary/aromatic N) is 2. The summed E-state index contributed by atoms with van der Waals surface area (Å²) >= 11 is 6.05. The summed E-state index contributed by atoms with van der Waals surface area (Å²) in [5, 5.41) is 7.76. The SMILES string of the molecule is COc1ccc([C@H]2Oc3ccccc3[C@H]3CC(c4ccc(Cl)cc4)=NN32)cc1. The molecular formula is C23H19ClN2O2. The minimum atomic E-state index is -0.282. The van der Waals surface area contributed by atoms with E-state index in [2.05, 4.69) is 11.1 Å². The van der Waals surface area contributed by atoms with Gasteiger partial charge in [0.05, 0.1) is 18.9 Å². The van der Waals surface area contributed by atoms with Gasteiger partial charge in [0.15, 0.2) is 0 Å². The largest absolute Gasteiger partial charge is 0.497 e. The fourth-order valence-corrected chi connectivity index (χ4v) is 3.97. The summed E-state index contributed by atoms with van der Waals surface area (Å²) in [6, 6.07) is 24.2. The van der Waals surface area contributed by atoms with Gasteiger partial charge in [-0.15, -0.1) is 0 Å². The summed E-state index contributed by atoms with van der Waals surface area (Å²) in [7, 11) is 1.67. The van der Waals surface area contributed by atoms with Gasteiger partial charge >= 0.3 is 0 Å². The van der Waals surface area contributed by atoms with Gasteiger partial charge in [-0.05, 0) is 48.0 Å². The average Bonchev–Trinajstić information content (AvgIpc) is 3.19. The van der Waals surface area contributed by atoms with Gasteiger partial charge in [-0.3, -0.25) is 0 Å². The molecule has 0 amide bonds. The standard InChI is InChI=1S/C23H19ClN2O2/c1-27-18-12-8-16(9-13-18)23-26-21(19-4-2-3-5-22(19)28-23)14-20(25-26)15-6-10-17(24)11-7-15/h2-13,21,23H,14H2,1H3/t21-,23-/m1/s1. The first-order valence-corrected chi connectivity index (χ1v) is 9.62. The van der Waals surface area contributed by atoms with E-state index >= 15 is 0 Å². The maximum atomic E-state index is 6.37. The smallest absolute Gasteiger partial charge is 0.213 e. The predicted octanol–water partition coefficient (Wildman–Crippen LogP) is 5.59. The predicted molar refractivity (Wildman–Crippen MR) is 110 cm³/mol. The normalized spacial score (nSPS) is 20.1. The van der Waals surface area contributed by atoms with E-state index in [1.165, 1.54) is 5.56 Å². The third kappa shape index (κ3) is 2.90. The van der Waals surface area contributed by atoms with Crippen LogP contribution in [0.15, 0.2) is 77.9 Å². The number of benzene rings is 3. The van der Waals surface area contributed by atoms with Crippen LogP contribution >= 0.6 is 11.6 Å². The Bertz CT molecular complexity index is 1030. The molecule has 28 heavy (non-hydrogen) atoms. The molecule has 4 nitrogen and oxygen atoms in total. The van der Waals surface area contributed by atoms with Crippen molar-refractivity contribution >= 4 is 17.3 Å². The lowest BCUT2D eigenvalue weighted by Crippen LogP contribution is -2.33. The summed E-state index contributed by atoms with van der Waals surface area (Å²) in [6.07, 6.45) is 0.546. The lowest BCUT2D eigenvalue weighted by atomic mass is 9.96. The molecule has 0 fully saturated rings. The van der Waals surface area contributed by atoms with Gasteiger partial charge in [0.1, 0.15) is 11.5 Å². The van der Waals surface area contributed by atoms with Crippen molar-refractivity contribution in [2.24, 2.45) is 5.10 Å². The molecule has 140 valence electrons. The number of hydrazone groups is 1. The highest BCUT2D eigenvalue weighted by Crippen LogP contribution is 2.47. The Balaban J connectivity index is 1.56. The van der Waals surface area contributed by atoms with Gasteiger partial charge in [-0.25, -0.2) is 5.01 Å². The van der Waals surface area contributed by atoms with Crippen LogP contribution in [0.2, 0.25) is 5.02 Å². The van der Waals surface area contributed by atoms with E-state index in [0.29, 0.717) is 0 Å². The summed E-state index contributed by atoms with van der Waals surface area (Å²) in [6.45, 7) is 0.